The highest BCUT2D eigenvalue weighted by Crippen LogP contribution is 2.21. The summed E-state index contributed by atoms with van der Waals surface area (Å²) in [5.41, 5.74) is 0.326. The number of rotatable bonds is 7. The van der Waals surface area contributed by atoms with Crippen LogP contribution < -0.4 is 5.32 Å². The highest BCUT2D eigenvalue weighted by atomic mass is 32.2. The molecule has 1 aliphatic rings. The molecule has 0 saturated carbocycles. The Balaban J connectivity index is 1.66. The topological polar surface area (TPSA) is 100 Å². The second-order valence-electron chi connectivity index (χ2n) is 6.69. The number of aromatic nitrogens is 3. The van der Waals surface area contributed by atoms with Gasteiger partial charge in [-0.25, -0.2) is 8.42 Å². The molecule has 2 heterocycles. The highest BCUT2D eigenvalue weighted by Gasteiger charge is 2.26. The van der Waals surface area contributed by atoms with Crippen molar-refractivity contribution in [2.24, 2.45) is 0 Å². The molecule has 1 aromatic carbocycles. The first-order valence-electron chi connectivity index (χ1n) is 9.46. The fourth-order valence-corrected chi connectivity index (χ4v) is 5.15. The van der Waals surface area contributed by atoms with E-state index in [1.54, 1.807) is 18.2 Å². The molecule has 152 valence electrons. The minimum atomic E-state index is -3.56. The third kappa shape index (κ3) is 4.50. The predicted octanol–water partition coefficient (Wildman–Crippen LogP) is 2.11. The van der Waals surface area contributed by atoms with Crippen molar-refractivity contribution >= 4 is 28.1 Å². The minimum Gasteiger partial charge on any atom is -0.352 e. The Morgan fingerprint density at radius 3 is 2.75 bits per heavy atom. The molecule has 28 heavy (non-hydrogen) atoms. The Hall–Kier alpha value is -2.04. The summed E-state index contributed by atoms with van der Waals surface area (Å²) < 4.78 is 29.5. The van der Waals surface area contributed by atoms with Crippen molar-refractivity contribution in [1.29, 1.82) is 0 Å². The zero-order valence-corrected chi connectivity index (χ0v) is 17.5. The van der Waals surface area contributed by atoms with Crippen molar-refractivity contribution in [3.05, 3.63) is 40.4 Å². The van der Waals surface area contributed by atoms with E-state index in [-0.39, 0.29) is 10.8 Å². The fourth-order valence-electron chi connectivity index (χ4n) is 3.31. The molecule has 2 N–H and O–H groups in total. The fraction of sp³-hybridized carbons (Fsp3) is 0.500. The van der Waals surface area contributed by atoms with Gasteiger partial charge < -0.3 is 9.88 Å². The molecular formula is C18H25N5O3S2. The smallest absolute Gasteiger partial charge is 0.251 e. The van der Waals surface area contributed by atoms with Crippen LogP contribution in [0.1, 0.15) is 42.4 Å². The van der Waals surface area contributed by atoms with Crippen LogP contribution >= 0.6 is 12.2 Å². The summed E-state index contributed by atoms with van der Waals surface area (Å²) in [5.74, 6) is 0.460. The van der Waals surface area contributed by atoms with Crippen molar-refractivity contribution in [1.82, 2.24) is 24.4 Å². The van der Waals surface area contributed by atoms with E-state index in [2.05, 4.69) is 15.5 Å². The lowest BCUT2D eigenvalue weighted by Crippen LogP contribution is -2.35. The summed E-state index contributed by atoms with van der Waals surface area (Å²) in [6, 6.07) is 6.21. The molecule has 1 saturated heterocycles. The van der Waals surface area contributed by atoms with Gasteiger partial charge in [0.2, 0.25) is 10.0 Å². The number of amides is 1. The lowest BCUT2D eigenvalue weighted by molar-refractivity contribution is 0.0953. The van der Waals surface area contributed by atoms with Crippen LogP contribution in [-0.4, -0.2) is 53.0 Å². The van der Waals surface area contributed by atoms with Gasteiger partial charge in [0, 0.05) is 38.2 Å². The number of H-pyrrole nitrogens is 1. The van der Waals surface area contributed by atoms with Crippen molar-refractivity contribution in [3.8, 4) is 0 Å². The van der Waals surface area contributed by atoms with Gasteiger partial charge in [0.05, 0.1) is 4.90 Å². The van der Waals surface area contributed by atoms with Gasteiger partial charge in [0.1, 0.15) is 5.82 Å². The zero-order chi connectivity index (χ0) is 20.1. The average molecular weight is 424 g/mol. The molecule has 0 radical (unpaired) electrons. The van der Waals surface area contributed by atoms with Crippen molar-refractivity contribution < 1.29 is 13.2 Å². The van der Waals surface area contributed by atoms with E-state index in [0.717, 1.165) is 25.1 Å². The van der Waals surface area contributed by atoms with Crippen LogP contribution in [0.5, 0.6) is 0 Å². The molecule has 1 amide bonds. The minimum absolute atomic E-state index is 0.161. The Bertz CT molecular complexity index is 991. The number of nitrogens with one attached hydrogen (secondary N) is 2. The van der Waals surface area contributed by atoms with Gasteiger partial charge in [-0.05, 0) is 50.2 Å². The van der Waals surface area contributed by atoms with Gasteiger partial charge in [-0.15, -0.1) is 0 Å². The monoisotopic (exact) mass is 423 g/mol. The first-order chi connectivity index (χ1) is 13.4. The molecule has 8 nitrogen and oxygen atoms in total. The number of hydrogen-bond donors (Lipinski definition) is 2. The van der Waals surface area contributed by atoms with E-state index in [4.69, 9.17) is 12.2 Å². The normalized spacial score (nSPS) is 15.5. The Morgan fingerprint density at radius 2 is 2.04 bits per heavy atom. The van der Waals surface area contributed by atoms with Crippen molar-refractivity contribution in [3.63, 3.8) is 0 Å². The Kier molecular flexibility index (Phi) is 6.63. The van der Waals surface area contributed by atoms with Crippen LogP contribution in [0, 0.1) is 4.77 Å². The summed E-state index contributed by atoms with van der Waals surface area (Å²) in [6.45, 7) is 4.12. The van der Waals surface area contributed by atoms with Crippen LogP contribution in [0.4, 0.5) is 0 Å². The van der Waals surface area contributed by atoms with Crippen molar-refractivity contribution in [2.75, 3.05) is 19.6 Å². The third-order valence-corrected chi connectivity index (χ3v) is 7.04. The van der Waals surface area contributed by atoms with Crippen LogP contribution in [0.15, 0.2) is 29.2 Å². The molecule has 3 rings (SSSR count). The maximum Gasteiger partial charge on any atom is 0.251 e. The summed E-state index contributed by atoms with van der Waals surface area (Å²) in [6.07, 6.45) is 3.32. The first-order valence-corrected chi connectivity index (χ1v) is 11.3. The lowest BCUT2D eigenvalue weighted by Gasteiger charge is -2.26. The number of nitrogens with zero attached hydrogens (tertiary/aromatic N) is 3. The Morgan fingerprint density at radius 1 is 1.29 bits per heavy atom. The number of aromatic amines is 1. The van der Waals surface area contributed by atoms with Crippen molar-refractivity contribution in [2.45, 2.75) is 44.0 Å². The van der Waals surface area contributed by atoms with Gasteiger partial charge in [0.25, 0.3) is 5.91 Å². The van der Waals surface area contributed by atoms with Gasteiger partial charge >= 0.3 is 0 Å². The number of piperidine rings is 1. The number of carbonyl (C=O) groups excluding carboxylic acids is 1. The number of benzene rings is 1. The Labute approximate surface area is 170 Å². The van der Waals surface area contributed by atoms with E-state index in [9.17, 15) is 13.2 Å². The molecule has 1 aliphatic heterocycles. The van der Waals surface area contributed by atoms with E-state index in [1.807, 2.05) is 11.5 Å². The first kappa shape index (κ1) is 20.7. The predicted molar refractivity (Wildman–Crippen MR) is 108 cm³/mol. The number of hydrogen-bond acceptors (Lipinski definition) is 5. The van der Waals surface area contributed by atoms with E-state index < -0.39 is 10.0 Å². The molecule has 10 heteroatoms. The standard InChI is InChI=1S/C18H25N5O3S2/c1-2-23-16(20-21-18(23)27)9-10-19-17(24)14-7-6-8-15(13-14)28(25,26)22-11-4-3-5-12-22/h6-8,13H,2-5,9-12H2,1H3,(H,19,24)(H,21,27). The third-order valence-electron chi connectivity index (χ3n) is 4.84. The molecule has 1 aromatic heterocycles. The SMILES string of the molecule is CCn1c(CCNC(=O)c2cccc(S(=O)(=O)N3CCCCC3)c2)n[nH]c1=S. The van der Waals surface area contributed by atoms with Gasteiger partial charge in [-0.3, -0.25) is 9.89 Å². The molecule has 0 spiro atoms. The summed E-state index contributed by atoms with van der Waals surface area (Å²) >= 11 is 5.15. The van der Waals surface area contributed by atoms with Gasteiger partial charge in [-0.2, -0.15) is 9.40 Å². The summed E-state index contributed by atoms with van der Waals surface area (Å²) in [4.78, 5) is 12.6. The molecular weight excluding hydrogens is 398 g/mol. The van der Waals surface area contributed by atoms with Crippen LogP contribution in [0.2, 0.25) is 0 Å². The zero-order valence-electron chi connectivity index (χ0n) is 15.8. The second-order valence-corrected chi connectivity index (χ2v) is 9.01. The van der Waals surface area contributed by atoms with Crippen LogP contribution in [-0.2, 0) is 23.0 Å². The molecule has 0 bridgehead atoms. The molecule has 1 fully saturated rings. The molecule has 0 aliphatic carbocycles. The van der Waals surface area contributed by atoms with E-state index >= 15 is 0 Å². The maximum absolute atomic E-state index is 12.8. The maximum atomic E-state index is 12.8. The number of carbonyl (C=O) groups is 1. The quantitative estimate of drug-likeness (QED) is 0.665. The molecule has 2 aromatic rings. The van der Waals surface area contributed by atoms with Crippen LogP contribution in [0.25, 0.3) is 0 Å². The van der Waals surface area contributed by atoms with E-state index in [0.29, 0.717) is 42.9 Å². The largest absolute Gasteiger partial charge is 0.352 e. The highest BCUT2D eigenvalue weighted by molar-refractivity contribution is 7.89. The average Bonchev–Trinajstić information content (AvgIpc) is 3.08. The molecule has 0 atom stereocenters. The van der Waals surface area contributed by atoms with E-state index in [1.165, 1.54) is 10.4 Å². The van der Waals surface area contributed by atoms with Gasteiger partial charge in [0.15, 0.2) is 4.77 Å². The lowest BCUT2D eigenvalue weighted by atomic mass is 10.2. The number of sulfonamides is 1. The molecule has 0 unspecified atom stereocenters. The second kappa shape index (κ2) is 8.97. The van der Waals surface area contributed by atoms with Gasteiger partial charge in [-0.1, -0.05) is 12.5 Å². The summed E-state index contributed by atoms with van der Waals surface area (Å²) in [7, 11) is -3.56. The summed E-state index contributed by atoms with van der Waals surface area (Å²) in [5, 5.41) is 9.73. The van der Waals surface area contributed by atoms with Crippen LogP contribution in [0.3, 0.4) is 0 Å².